The van der Waals surface area contributed by atoms with Gasteiger partial charge in [0, 0.05) is 16.2 Å². The molecule has 150 valence electrons. The Balaban J connectivity index is 1.66. The molecular weight excluding hydrogens is 401 g/mol. The third-order valence-corrected chi connectivity index (χ3v) is 7.06. The zero-order valence-corrected chi connectivity index (χ0v) is 17.7. The van der Waals surface area contributed by atoms with Crippen molar-refractivity contribution in [1.82, 2.24) is 4.57 Å². The van der Waals surface area contributed by atoms with E-state index < -0.39 is 0 Å². The molecule has 2 radical (unpaired) electrons. The number of aromatic nitrogens is 1. The Labute approximate surface area is 190 Å². The monoisotopic (exact) mass is 417 g/mol. The molecule has 33 heavy (non-hydrogen) atoms. The van der Waals surface area contributed by atoms with Gasteiger partial charge in [0.15, 0.2) is 0 Å². The number of hydrogen-bond acceptors (Lipinski definition) is 1. The van der Waals surface area contributed by atoms with Gasteiger partial charge >= 0.3 is 0 Å². The first kappa shape index (κ1) is 17.3. The van der Waals surface area contributed by atoms with Gasteiger partial charge in [0.25, 0.3) is 0 Å². The molecule has 2 aromatic heterocycles. The fraction of sp³-hybridized carbons (Fsp3) is 0. The van der Waals surface area contributed by atoms with Crippen molar-refractivity contribution < 1.29 is 4.42 Å². The van der Waals surface area contributed by atoms with Crippen LogP contribution in [0.3, 0.4) is 0 Å². The average Bonchev–Trinajstić information content (AvgIpc) is 3.39. The predicted octanol–water partition coefficient (Wildman–Crippen LogP) is 7.22. The summed E-state index contributed by atoms with van der Waals surface area (Å²) in [6, 6.07) is 34.2. The molecule has 0 N–H and O–H groups in total. The zero-order valence-electron chi connectivity index (χ0n) is 17.7. The van der Waals surface area contributed by atoms with Crippen LogP contribution in [0.1, 0.15) is 0 Å². The van der Waals surface area contributed by atoms with E-state index in [9.17, 15) is 0 Å². The highest BCUT2D eigenvalue weighted by molar-refractivity contribution is 6.35. The van der Waals surface area contributed by atoms with Gasteiger partial charge in [-0.3, -0.25) is 0 Å². The summed E-state index contributed by atoms with van der Waals surface area (Å²) >= 11 is 0. The van der Waals surface area contributed by atoms with Crippen LogP contribution in [0.15, 0.2) is 101 Å². The molecule has 0 aliphatic carbocycles. The van der Waals surface area contributed by atoms with E-state index in [4.69, 9.17) is 12.3 Å². The minimum Gasteiger partial charge on any atom is -0.456 e. The maximum absolute atomic E-state index is 6.21. The first-order valence-electron chi connectivity index (χ1n) is 11.2. The van der Waals surface area contributed by atoms with Crippen molar-refractivity contribution in [2.24, 2.45) is 0 Å². The summed E-state index contributed by atoms with van der Waals surface area (Å²) in [5.41, 5.74) is 5.97. The Bertz CT molecular complexity index is 1960. The van der Waals surface area contributed by atoms with Crippen molar-refractivity contribution in [2.45, 2.75) is 0 Å². The first-order valence-corrected chi connectivity index (χ1v) is 11.2. The molecule has 0 saturated carbocycles. The van der Waals surface area contributed by atoms with Gasteiger partial charge in [-0.2, -0.15) is 0 Å². The van der Waals surface area contributed by atoms with Crippen molar-refractivity contribution >= 4 is 78.6 Å². The van der Waals surface area contributed by atoms with Gasteiger partial charge in [-0.25, -0.2) is 0 Å². The van der Waals surface area contributed by atoms with E-state index in [0.29, 0.717) is 0 Å². The molecule has 0 aliphatic rings. The fourth-order valence-corrected chi connectivity index (χ4v) is 5.78. The summed E-state index contributed by atoms with van der Waals surface area (Å²) in [6.07, 6.45) is 0. The van der Waals surface area contributed by atoms with Gasteiger partial charge in [-0.05, 0) is 51.9 Å². The van der Waals surface area contributed by atoms with E-state index in [-0.39, 0.29) is 0 Å². The summed E-state index contributed by atoms with van der Waals surface area (Å²) in [5.74, 6) is 0. The summed E-state index contributed by atoms with van der Waals surface area (Å²) in [5, 5.41) is 9.92. The van der Waals surface area contributed by atoms with E-state index in [2.05, 4.69) is 77.4 Å². The molecule has 3 heteroatoms. The van der Waals surface area contributed by atoms with Crippen molar-refractivity contribution in [1.29, 1.82) is 0 Å². The second-order valence-corrected chi connectivity index (χ2v) is 8.79. The lowest BCUT2D eigenvalue weighted by Gasteiger charge is -2.09. The van der Waals surface area contributed by atoms with Crippen LogP contribution in [-0.2, 0) is 0 Å². The molecule has 0 amide bonds. The number of fused-ring (bicyclic) bond motifs is 6. The molecule has 8 rings (SSSR count). The van der Waals surface area contributed by atoms with E-state index in [1.807, 2.05) is 24.3 Å². The van der Waals surface area contributed by atoms with E-state index >= 15 is 0 Å². The summed E-state index contributed by atoms with van der Waals surface area (Å²) in [6.45, 7) is 0. The van der Waals surface area contributed by atoms with Crippen molar-refractivity contribution in [3.63, 3.8) is 0 Å². The third-order valence-electron chi connectivity index (χ3n) is 7.06. The molecule has 6 aromatic carbocycles. The fourth-order valence-electron chi connectivity index (χ4n) is 5.78. The Morgan fingerprint density at radius 1 is 0.515 bits per heavy atom. The highest BCUT2D eigenvalue weighted by atomic mass is 16.3. The van der Waals surface area contributed by atoms with Crippen LogP contribution in [0.5, 0.6) is 0 Å². The van der Waals surface area contributed by atoms with Crippen LogP contribution in [0.4, 0.5) is 0 Å². The minimum absolute atomic E-state index is 0.736. The van der Waals surface area contributed by atoms with E-state index in [1.165, 1.54) is 43.4 Å². The van der Waals surface area contributed by atoms with Crippen molar-refractivity contribution in [2.75, 3.05) is 0 Å². The second kappa shape index (κ2) is 5.96. The van der Waals surface area contributed by atoms with Gasteiger partial charge in [-0.1, -0.05) is 72.2 Å². The zero-order chi connectivity index (χ0) is 21.7. The number of hydrogen-bond donors (Lipinski definition) is 0. The lowest BCUT2D eigenvalue weighted by molar-refractivity contribution is 0.669. The average molecular weight is 417 g/mol. The molecule has 0 saturated heterocycles. The maximum Gasteiger partial charge on any atom is 0.137 e. The van der Waals surface area contributed by atoms with Crippen LogP contribution in [0.2, 0.25) is 0 Å². The van der Waals surface area contributed by atoms with E-state index in [1.54, 1.807) is 0 Å². The molecule has 0 unspecified atom stereocenters. The largest absolute Gasteiger partial charge is 0.456 e. The SMILES string of the molecule is [B]c1ccc2oc3cccc(-n4c5cccc6c7ccccc7c7cccc4c7c65)c3c2c1. The Morgan fingerprint density at radius 2 is 1.15 bits per heavy atom. The summed E-state index contributed by atoms with van der Waals surface area (Å²) in [7, 11) is 6.17. The van der Waals surface area contributed by atoms with Crippen LogP contribution >= 0.6 is 0 Å². The number of rotatable bonds is 1. The molecule has 2 nitrogen and oxygen atoms in total. The normalized spacial score (nSPS) is 12.4. The standard InChI is InChI=1S/C30H16BNO/c31-17-14-15-26-22(16-17)28-23(12-5-13-27(28)33-26)32-24-10-3-8-20-18-6-1-2-7-19(18)21-9-4-11-25(32)30(21)29(20)24/h1-16H. The predicted molar refractivity (Wildman–Crippen MR) is 140 cm³/mol. The lowest BCUT2D eigenvalue weighted by atomic mass is 9.94. The second-order valence-electron chi connectivity index (χ2n) is 8.79. The lowest BCUT2D eigenvalue weighted by Crippen LogP contribution is -1.99. The van der Waals surface area contributed by atoms with Crippen molar-refractivity contribution in [3.05, 3.63) is 97.1 Å². The van der Waals surface area contributed by atoms with Crippen LogP contribution in [0, 0.1) is 0 Å². The highest BCUT2D eigenvalue weighted by Gasteiger charge is 2.21. The van der Waals surface area contributed by atoms with Gasteiger partial charge in [-0.15, -0.1) is 0 Å². The number of benzene rings is 6. The molecule has 8 aromatic rings. The Hall–Kier alpha value is -4.24. The molecule has 0 fully saturated rings. The van der Waals surface area contributed by atoms with E-state index in [0.717, 1.165) is 33.1 Å². The number of furan rings is 1. The van der Waals surface area contributed by atoms with Gasteiger partial charge in [0.1, 0.15) is 19.0 Å². The molecule has 0 atom stereocenters. The third kappa shape index (κ3) is 2.10. The van der Waals surface area contributed by atoms with Crippen LogP contribution in [-0.4, -0.2) is 12.4 Å². The smallest absolute Gasteiger partial charge is 0.137 e. The first-order chi connectivity index (χ1) is 16.3. The molecule has 0 bridgehead atoms. The summed E-state index contributed by atoms with van der Waals surface area (Å²) < 4.78 is 8.60. The minimum atomic E-state index is 0.736. The molecule has 0 spiro atoms. The Morgan fingerprint density at radius 3 is 1.85 bits per heavy atom. The van der Waals surface area contributed by atoms with Crippen LogP contribution in [0.25, 0.3) is 71.0 Å². The molecular formula is C30H16BNO. The van der Waals surface area contributed by atoms with Gasteiger partial charge in [0.2, 0.25) is 0 Å². The van der Waals surface area contributed by atoms with Crippen molar-refractivity contribution in [3.8, 4) is 5.69 Å². The number of nitrogens with zero attached hydrogens (tertiary/aromatic N) is 1. The topological polar surface area (TPSA) is 18.1 Å². The van der Waals surface area contributed by atoms with Gasteiger partial charge < -0.3 is 8.98 Å². The maximum atomic E-state index is 6.21. The molecule has 0 aliphatic heterocycles. The van der Waals surface area contributed by atoms with Crippen LogP contribution < -0.4 is 5.46 Å². The van der Waals surface area contributed by atoms with Gasteiger partial charge in [0.05, 0.1) is 22.1 Å². The molecule has 2 heterocycles. The highest BCUT2D eigenvalue weighted by Crippen LogP contribution is 2.44. The quantitative estimate of drug-likeness (QED) is 0.204. The Kier molecular flexibility index (Phi) is 3.13. The summed E-state index contributed by atoms with van der Waals surface area (Å²) in [4.78, 5) is 0.